The number of amides is 1. The van der Waals surface area contributed by atoms with Crippen molar-refractivity contribution in [3.05, 3.63) is 11.7 Å². The fraction of sp³-hybridized carbons (Fsp3) is 0.824. The molecular weight excluding hydrogens is 310 g/mol. The van der Waals surface area contributed by atoms with Crippen LogP contribution in [0.4, 0.5) is 0 Å². The van der Waals surface area contributed by atoms with Crippen LogP contribution < -0.4 is 5.32 Å². The largest absolute Gasteiger partial charge is 0.381 e. The van der Waals surface area contributed by atoms with Crippen molar-refractivity contribution in [1.29, 1.82) is 0 Å². The first kappa shape index (κ1) is 17.4. The molecule has 24 heavy (non-hydrogen) atoms. The van der Waals surface area contributed by atoms with E-state index in [-0.39, 0.29) is 30.6 Å². The van der Waals surface area contributed by atoms with E-state index in [9.17, 15) is 4.79 Å². The number of carbonyl (C=O) groups is 1. The van der Waals surface area contributed by atoms with Crippen LogP contribution in [0.1, 0.15) is 62.7 Å². The van der Waals surface area contributed by atoms with E-state index in [1.165, 1.54) is 19.3 Å². The summed E-state index contributed by atoms with van der Waals surface area (Å²) in [7, 11) is 0. The maximum absolute atomic E-state index is 12.4. The van der Waals surface area contributed by atoms with Gasteiger partial charge < -0.3 is 19.3 Å². The van der Waals surface area contributed by atoms with Crippen LogP contribution in [-0.2, 0) is 14.3 Å². The van der Waals surface area contributed by atoms with E-state index >= 15 is 0 Å². The summed E-state index contributed by atoms with van der Waals surface area (Å²) in [6.45, 7) is 3.27. The lowest BCUT2D eigenvalue weighted by molar-refractivity contribution is -0.130. The number of hydrogen-bond acceptors (Lipinski definition) is 6. The number of carbonyl (C=O) groups excluding carboxylic acids is 1. The number of ether oxygens (including phenoxy) is 2. The van der Waals surface area contributed by atoms with Crippen molar-refractivity contribution >= 4 is 5.91 Å². The third-order valence-corrected chi connectivity index (χ3v) is 4.87. The zero-order chi connectivity index (χ0) is 16.8. The molecule has 134 valence electrons. The van der Waals surface area contributed by atoms with Gasteiger partial charge in [-0.3, -0.25) is 4.79 Å². The molecule has 1 saturated carbocycles. The summed E-state index contributed by atoms with van der Waals surface area (Å²) < 4.78 is 16.5. The summed E-state index contributed by atoms with van der Waals surface area (Å²) in [5.74, 6) is 1.19. The predicted octanol–water partition coefficient (Wildman–Crippen LogP) is 2.31. The van der Waals surface area contributed by atoms with Crippen molar-refractivity contribution in [1.82, 2.24) is 15.5 Å². The molecule has 7 heteroatoms. The van der Waals surface area contributed by atoms with Gasteiger partial charge in [0.15, 0.2) is 5.82 Å². The standard InChI is InChI=1S/C17H27N3O4/c1-12-18-17(24-20-12)16(13-7-9-22-10-8-13)19-15(21)11-23-14-5-3-2-4-6-14/h13-14,16H,2-11H2,1H3,(H,19,21)/t16-/m1/s1. The lowest BCUT2D eigenvalue weighted by Gasteiger charge is -2.29. The fourth-order valence-electron chi connectivity index (χ4n) is 3.51. The SMILES string of the molecule is Cc1noc([C@H](NC(=O)COC2CCCCC2)C2CCOCC2)n1. The summed E-state index contributed by atoms with van der Waals surface area (Å²) in [6.07, 6.45) is 7.73. The third-order valence-electron chi connectivity index (χ3n) is 4.87. The lowest BCUT2D eigenvalue weighted by Crippen LogP contribution is -2.38. The molecule has 1 saturated heterocycles. The Morgan fingerprint density at radius 1 is 1.25 bits per heavy atom. The van der Waals surface area contributed by atoms with Crippen LogP contribution in [0.25, 0.3) is 0 Å². The van der Waals surface area contributed by atoms with Crippen molar-refractivity contribution in [2.45, 2.75) is 64.0 Å². The Bertz CT molecular complexity index is 522. The molecule has 1 N–H and O–H groups in total. The Balaban J connectivity index is 1.57. The van der Waals surface area contributed by atoms with Crippen molar-refractivity contribution in [3.8, 4) is 0 Å². The second kappa shape index (κ2) is 8.58. The number of nitrogens with zero attached hydrogens (tertiary/aromatic N) is 2. The molecule has 1 atom stereocenters. The van der Waals surface area contributed by atoms with Crippen molar-refractivity contribution in [3.63, 3.8) is 0 Å². The highest BCUT2D eigenvalue weighted by Crippen LogP contribution is 2.29. The van der Waals surface area contributed by atoms with Gasteiger partial charge in [-0.05, 0) is 38.5 Å². The van der Waals surface area contributed by atoms with Crippen molar-refractivity contribution in [2.24, 2.45) is 5.92 Å². The average molecular weight is 337 g/mol. The number of nitrogens with one attached hydrogen (secondary N) is 1. The number of rotatable bonds is 6. The van der Waals surface area contributed by atoms with Gasteiger partial charge in [0.05, 0.1) is 6.10 Å². The third kappa shape index (κ3) is 4.77. The maximum Gasteiger partial charge on any atom is 0.249 e. The minimum Gasteiger partial charge on any atom is -0.381 e. The monoisotopic (exact) mass is 337 g/mol. The molecule has 0 unspecified atom stereocenters. The predicted molar refractivity (Wildman–Crippen MR) is 86.3 cm³/mol. The van der Waals surface area contributed by atoms with Crippen LogP contribution in [0.3, 0.4) is 0 Å². The molecule has 2 fully saturated rings. The molecule has 0 bridgehead atoms. The van der Waals surface area contributed by atoms with Gasteiger partial charge in [-0.2, -0.15) is 4.98 Å². The minimum atomic E-state index is -0.266. The summed E-state index contributed by atoms with van der Waals surface area (Å²) in [6, 6.07) is -0.266. The van der Waals surface area contributed by atoms with Crippen LogP contribution in [-0.4, -0.2) is 42.0 Å². The van der Waals surface area contributed by atoms with Gasteiger partial charge in [-0.25, -0.2) is 0 Å². The first-order valence-corrected chi connectivity index (χ1v) is 9.01. The normalized spacial score (nSPS) is 21.5. The Morgan fingerprint density at radius 2 is 2.00 bits per heavy atom. The number of hydrogen-bond donors (Lipinski definition) is 1. The molecule has 0 aromatic carbocycles. The van der Waals surface area contributed by atoms with Gasteiger partial charge in [0.2, 0.25) is 11.8 Å². The highest BCUT2D eigenvalue weighted by atomic mass is 16.5. The van der Waals surface area contributed by atoms with Gasteiger partial charge in [0.1, 0.15) is 12.6 Å². The Hall–Kier alpha value is -1.47. The van der Waals surface area contributed by atoms with Gasteiger partial charge in [0.25, 0.3) is 0 Å². The van der Waals surface area contributed by atoms with E-state index in [1.54, 1.807) is 6.92 Å². The molecule has 2 aliphatic rings. The molecule has 0 spiro atoms. The molecule has 2 heterocycles. The van der Waals surface area contributed by atoms with Crippen molar-refractivity contribution < 1.29 is 18.8 Å². The molecule has 1 aromatic heterocycles. The van der Waals surface area contributed by atoms with Gasteiger partial charge in [0, 0.05) is 13.2 Å². The summed E-state index contributed by atoms with van der Waals surface area (Å²) in [5.41, 5.74) is 0. The average Bonchev–Trinajstić information content (AvgIpc) is 3.05. The molecule has 1 amide bonds. The van der Waals surface area contributed by atoms with Crippen LogP contribution in [0.5, 0.6) is 0 Å². The van der Waals surface area contributed by atoms with E-state index in [4.69, 9.17) is 14.0 Å². The number of aromatic nitrogens is 2. The first-order valence-electron chi connectivity index (χ1n) is 9.01. The lowest BCUT2D eigenvalue weighted by atomic mass is 9.91. The first-order chi connectivity index (χ1) is 11.7. The minimum absolute atomic E-state index is 0.0947. The second-order valence-electron chi connectivity index (χ2n) is 6.75. The van der Waals surface area contributed by atoms with E-state index in [0.717, 1.165) is 25.7 Å². The fourth-order valence-corrected chi connectivity index (χ4v) is 3.51. The molecule has 0 radical (unpaired) electrons. The van der Waals surface area contributed by atoms with Crippen LogP contribution in [0.2, 0.25) is 0 Å². The Kier molecular flexibility index (Phi) is 6.20. The zero-order valence-corrected chi connectivity index (χ0v) is 14.3. The highest BCUT2D eigenvalue weighted by Gasteiger charge is 2.31. The topological polar surface area (TPSA) is 86.5 Å². The quantitative estimate of drug-likeness (QED) is 0.857. The molecule has 1 aromatic rings. The number of aryl methyl sites for hydroxylation is 1. The van der Waals surface area contributed by atoms with E-state index in [1.807, 2.05) is 0 Å². The Labute approximate surface area is 142 Å². The van der Waals surface area contributed by atoms with Gasteiger partial charge >= 0.3 is 0 Å². The summed E-state index contributed by atoms with van der Waals surface area (Å²) in [5, 5.41) is 6.90. The second-order valence-corrected chi connectivity index (χ2v) is 6.75. The molecule has 7 nitrogen and oxygen atoms in total. The molecular formula is C17H27N3O4. The van der Waals surface area contributed by atoms with Gasteiger partial charge in [-0.1, -0.05) is 24.4 Å². The maximum atomic E-state index is 12.4. The van der Waals surface area contributed by atoms with Crippen LogP contribution in [0.15, 0.2) is 4.52 Å². The molecule has 1 aliphatic heterocycles. The molecule has 1 aliphatic carbocycles. The van der Waals surface area contributed by atoms with Gasteiger partial charge in [-0.15, -0.1) is 0 Å². The summed E-state index contributed by atoms with van der Waals surface area (Å²) in [4.78, 5) is 16.7. The van der Waals surface area contributed by atoms with E-state index in [2.05, 4.69) is 15.5 Å². The molecule has 3 rings (SSSR count). The summed E-state index contributed by atoms with van der Waals surface area (Å²) >= 11 is 0. The zero-order valence-electron chi connectivity index (χ0n) is 14.3. The van der Waals surface area contributed by atoms with E-state index in [0.29, 0.717) is 24.9 Å². The van der Waals surface area contributed by atoms with E-state index < -0.39 is 0 Å². The Morgan fingerprint density at radius 3 is 2.67 bits per heavy atom. The van der Waals surface area contributed by atoms with Crippen LogP contribution >= 0.6 is 0 Å². The smallest absolute Gasteiger partial charge is 0.249 e. The van der Waals surface area contributed by atoms with Crippen molar-refractivity contribution in [2.75, 3.05) is 19.8 Å². The highest BCUT2D eigenvalue weighted by molar-refractivity contribution is 5.77. The van der Waals surface area contributed by atoms with Crippen LogP contribution in [0, 0.1) is 12.8 Å².